The van der Waals surface area contributed by atoms with E-state index in [1.165, 1.54) is 36.3 Å². The fourth-order valence-electron chi connectivity index (χ4n) is 4.23. The van der Waals surface area contributed by atoms with Crippen LogP contribution in [0.2, 0.25) is 0 Å². The summed E-state index contributed by atoms with van der Waals surface area (Å²) in [7, 11) is 2.19. The Kier molecular flexibility index (Phi) is 6.22. The zero-order valence-corrected chi connectivity index (χ0v) is 16.5. The molecule has 1 aromatic heterocycles. The SMILES string of the molecule is CN(CCc1ccccc1)Cc1cc2n(n1)CCCN(CC1CCOC1)C2. The molecule has 0 aliphatic carbocycles. The molecule has 2 aromatic rings. The molecule has 2 aliphatic rings. The molecule has 5 heteroatoms. The second-order valence-corrected chi connectivity index (χ2v) is 8.14. The lowest BCUT2D eigenvalue weighted by atomic mass is 10.1. The third kappa shape index (κ3) is 5.18. The van der Waals surface area contributed by atoms with E-state index in [2.05, 4.69) is 57.9 Å². The van der Waals surface area contributed by atoms with E-state index in [0.29, 0.717) is 5.92 Å². The highest BCUT2D eigenvalue weighted by Crippen LogP contribution is 2.19. The van der Waals surface area contributed by atoms with Gasteiger partial charge in [-0.25, -0.2) is 0 Å². The van der Waals surface area contributed by atoms with E-state index < -0.39 is 0 Å². The monoisotopic (exact) mass is 368 g/mol. The quantitative estimate of drug-likeness (QED) is 0.753. The van der Waals surface area contributed by atoms with Crippen LogP contribution < -0.4 is 0 Å². The zero-order valence-electron chi connectivity index (χ0n) is 16.5. The van der Waals surface area contributed by atoms with Crippen LogP contribution in [0.25, 0.3) is 0 Å². The number of benzene rings is 1. The Morgan fingerprint density at radius 2 is 2.11 bits per heavy atom. The topological polar surface area (TPSA) is 33.5 Å². The first-order valence-electron chi connectivity index (χ1n) is 10.3. The average Bonchev–Trinajstić information content (AvgIpc) is 3.27. The highest BCUT2D eigenvalue weighted by Gasteiger charge is 2.22. The number of aryl methyl sites for hydroxylation is 1. The molecule has 146 valence electrons. The van der Waals surface area contributed by atoms with Gasteiger partial charge in [0.15, 0.2) is 0 Å². The second-order valence-electron chi connectivity index (χ2n) is 8.14. The molecular formula is C22H32N4O. The number of aromatic nitrogens is 2. The first-order chi connectivity index (χ1) is 13.3. The highest BCUT2D eigenvalue weighted by molar-refractivity contribution is 5.15. The van der Waals surface area contributed by atoms with Crippen LogP contribution in [0, 0.1) is 5.92 Å². The zero-order chi connectivity index (χ0) is 18.5. The van der Waals surface area contributed by atoms with Gasteiger partial charge in [-0.2, -0.15) is 5.10 Å². The maximum Gasteiger partial charge on any atom is 0.0768 e. The molecular weight excluding hydrogens is 336 g/mol. The van der Waals surface area contributed by atoms with Gasteiger partial charge in [-0.05, 0) is 43.9 Å². The van der Waals surface area contributed by atoms with Crippen molar-refractivity contribution in [3.8, 4) is 0 Å². The van der Waals surface area contributed by atoms with Crippen molar-refractivity contribution in [1.82, 2.24) is 19.6 Å². The summed E-state index contributed by atoms with van der Waals surface area (Å²) in [6, 6.07) is 13.0. The second kappa shape index (κ2) is 9.00. The summed E-state index contributed by atoms with van der Waals surface area (Å²) < 4.78 is 7.79. The predicted molar refractivity (Wildman–Crippen MR) is 108 cm³/mol. The van der Waals surface area contributed by atoms with Crippen LogP contribution in [-0.2, 0) is 30.8 Å². The van der Waals surface area contributed by atoms with Gasteiger partial charge in [0, 0.05) is 45.9 Å². The van der Waals surface area contributed by atoms with Crippen LogP contribution in [0.3, 0.4) is 0 Å². The van der Waals surface area contributed by atoms with E-state index in [1.807, 2.05) is 0 Å². The van der Waals surface area contributed by atoms with Crippen LogP contribution in [0.1, 0.15) is 29.8 Å². The van der Waals surface area contributed by atoms with Gasteiger partial charge in [0.2, 0.25) is 0 Å². The molecule has 0 bridgehead atoms. The van der Waals surface area contributed by atoms with Crippen molar-refractivity contribution in [3.63, 3.8) is 0 Å². The molecule has 1 saturated heterocycles. The highest BCUT2D eigenvalue weighted by atomic mass is 16.5. The van der Waals surface area contributed by atoms with E-state index in [9.17, 15) is 0 Å². The van der Waals surface area contributed by atoms with Gasteiger partial charge in [-0.15, -0.1) is 0 Å². The summed E-state index contributed by atoms with van der Waals surface area (Å²) in [4.78, 5) is 4.98. The van der Waals surface area contributed by atoms with E-state index in [0.717, 1.165) is 52.4 Å². The van der Waals surface area contributed by atoms with E-state index in [1.54, 1.807) is 0 Å². The number of likely N-dealkylation sites (N-methyl/N-ethyl adjacent to an activating group) is 1. The van der Waals surface area contributed by atoms with Crippen molar-refractivity contribution in [3.05, 3.63) is 53.3 Å². The molecule has 1 atom stereocenters. The molecule has 0 spiro atoms. The standard InChI is InChI=1S/C22H32N4O/c1-24(12-8-19-6-3-2-4-7-19)16-21-14-22-17-25(10-5-11-26(22)23-21)15-20-9-13-27-18-20/h2-4,6-7,14,20H,5,8-13,15-18H2,1H3. The fourth-order valence-corrected chi connectivity index (χ4v) is 4.23. The average molecular weight is 369 g/mol. The summed E-state index contributed by atoms with van der Waals surface area (Å²) >= 11 is 0. The third-order valence-electron chi connectivity index (χ3n) is 5.74. The lowest BCUT2D eigenvalue weighted by Crippen LogP contribution is -2.29. The minimum atomic E-state index is 0.711. The number of nitrogens with zero attached hydrogens (tertiary/aromatic N) is 4. The van der Waals surface area contributed by atoms with Crippen LogP contribution in [0.15, 0.2) is 36.4 Å². The summed E-state index contributed by atoms with van der Waals surface area (Å²) in [5, 5.41) is 4.90. The first-order valence-corrected chi connectivity index (χ1v) is 10.3. The number of hydrogen-bond acceptors (Lipinski definition) is 4. The third-order valence-corrected chi connectivity index (χ3v) is 5.74. The van der Waals surface area contributed by atoms with Crippen molar-refractivity contribution in [2.75, 3.05) is 39.9 Å². The van der Waals surface area contributed by atoms with Gasteiger partial charge < -0.3 is 9.64 Å². The number of hydrogen-bond donors (Lipinski definition) is 0. The molecule has 1 aromatic carbocycles. The van der Waals surface area contributed by atoms with Crippen molar-refractivity contribution in [1.29, 1.82) is 0 Å². The van der Waals surface area contributed by atoms with Crippen LogP contribution in [0.4, 0.5) is 0 Å². The van der Waals surface area contributed by atoms with Gasteiger partial charge in [-0.1, -0.05) is 30.3 Å². The van der Waals surface area contributed by atoms with Crippen LogP contribution in [0.5, 0.6) is 0 Å². The summed E-state index contributed by atoms with van der Waals surface area (Å²) in [5.41, 5.74) is 3.97. The van der Waals surface area contributed by atoms with Crippen LogP contribution in [-0.4, -0.2) is 59.5 Å². The number of ether oxygens (including phenoxy) is 1. The van der Waals surface area contributed by atoms with E-state index >= 15 is 0 Å². The Morgan fingerprint density at radius 3 is 2.93 bits per heavy atom. The molecule has 3 heterocycles. The molecule has 1 fully saturated rings. The Balaban J connectivity index is 1.31. The van der Waals surface area contributed by atoms with Gasteiger partial charge in [-0.3, -0.25) is 9.58 Å². The molecule has 0 amide bonds. The van der Waals surface area contributed by atoms with Gasteiger partial charge >= 0.3 is 0 Å². The van der Waals surface area contributed by atoms with Crippen molar-refractivity contribution >= 4 is 0 Å². The van der Waals surface area contributed by atoms with Crippen molar-refractivity contribution < 1.29 is 4.74 Å². The van der Waals surface area contributed by atoms with Crippen molar-refractivity contribution in [2.24, 2.45) is 5.92 Å². The first kappa shape index (κ1) is 18.7. The maximum absolute atomic E-state index is 5.55. The Bertz CT molecular complexity index is 708. The minimum Gasteiger partial charge on any atom is -0.381 e. The summed E-state index contributed by atoms with van der Waals surface area (Å²) in [6.07, 6.45) is 3.49. The van der Waals surface area contributed by atoms with Gasteiger partial charge in [0.1, 0.15) is 0 Å². The molecule has 1 unspecified atom stereocenters. The van der Waals surface area contributed by atoms with Crippen LogP contribution >= 0.6 is 0 Å². The van der Waals surface area contributed by atoms with E-state index in [4.69, 9.17) is 9.84 Å². The molecule has 0 saturated carbocycles. The smallest absolute Gasteiger partial charge is 0.0768 e. The minimum absolute atomic E-state index is 0.711. The molecule has 5 nitrogen and oxygen atoms in total. The Morgan fingerprint density at radius 1 is 1.22 bits per heavy atom. The fraction of sp³-hybridized carbons (Fsp3) is 0.591. The number of fused-ring (bicyclic) bond motifs is 1. The summed E-state index contributed by atoms with van der Waals surface area (Å²) in [5.74, 6) is 0.711. The summed E-state index contributed by atoms with van der Waals surface area (Å²) in [6.45, 7) is 8.26. The molecule has 0 N–H and O–H groups in total. The maximum atomic E-state index is 5.55. The van der Waals surface area contributed by atoms with Gasteiger partial charge in [0.05, 0.1) is 18.0 Å². The lowest BCUT2D eigenvalue weighted by molar-refractivity contribution is 0.165. The Hall–Kier alpha value is -1.69. The molecule has 2 aliphatic heterocycles. The molecule has 0 radical (unpaired) electrons. The number of rotatable bonds is 7. The normalized spacial score (nSPS) is 20.7. The molecule has 4 rings (SSSR count). The van der Waals surface area contributed by atoms with E-state index in [-0.39, 0.29) is 0 Å². The molecule has 27 heavy (non-hydrogen) atoms. The predicted octanol–water partition coefficient (Wildman–Crippen LogP) is 2.80. The Labute approximate surface area is 162 Å². The van der Waals surface area contributed by atoms with Crippen molar-refractivity contribution in [2.45, 2.75) is 38.9 Å². The largest absolute Gasteiger partial charge is 0.381 e. The lowest BCUT2D eigenvalue weighted by Gasteiger charge is -2.22. The van der Waals surface area contributed by atoms with Gasteiger partial charge in [0.25, 0.3) is 0 Å².